The molecule has 0 amide bonds. The molecule has 0 aromatic heterocycles. The van der Waals surface area contributed by atoms with Crippen LogP contribution in [0.3, 0.4) is 0 Å². The fourth-order valence-corrected chi connectivity index (χ4v) is 2.85. The maximum absolute atomic E-state index is 11.5. The van der Waals surface area contributed by atoms with Crippen LogP contribution in [0.15, 0.2) is 30.3 Å². The largest absolute Gasteiger partial charge is 0.394 e. The maximum Gasteiger partial charge on any atom is 0.213 e. The van der Waals surface area contributed by atoms with Crippen molar-refractivity contribution in [3.8, 4) is 0 Å². The summed E-state index contributed by atoms with van der Waals surface area (Å²) in [5.41, 5.74) is 0.725. The monoisotopic (exact) mass is 263 g/mol. The van der Waals surface area contributed by atoms with E-state index in [1.54, 1.807) is 24.3 Å². The molecule has 16 heavy (non-hydrogen) atoms. The van der Waals surface area contributed by atoms with Crippen LogP contribution in [0.4, 0.5) is 0 Å². The van der Waals surface area contributed by atoms with Gasteiger partial charge in [-0.3, -0.25) is 0 Å². The normalized spacial score (nSPS) is 13.6. The fourth-order valence-electron chi connectivity index (χ4n) is 1.27. The standard InChI is InChI=1S/C10H14ClNO3S/c11-6-7-16(14,15)12-10(8-13)9-4-2-1-3-5-9/h1-5,10,12-13H,6-8H2/t10-/m1/s1. The number of hydrogen-bond acceptors (Lipinski definition) is 3. The van der Waals surface area contributed by atoms with Gasteiger partial charge in [0.25, 0.3) is 0 Å². The van der Waals surface area contributed by atoms with Crippen LogP contribution in [0, 0.1) is 0 Å². The SMILES string of the molecule is O=S(=O)(CCCl)N[C@H](CO)c1ccccc1. The highest BCUT2D eigenvalue weighted by molar-refractivity contribution is 7.89. The van der Waals surface area contributed by atoms with Gasteiger partial charge in [0.2, 0.25) is 10.0 Å². The Hall–Kier alpha value is -0.620. The number of nitrogens with one attached hydrogen (secondary N) is 1. The molecule has 1 atom stereocenters. The van der Waals surface area contributed by atoms with Gasteiger partial charge in [-0.1, -0.05) is 30.3 Å². The van der Waals surface area contributed by atoms with Gasteiger partial charge >= 0.3 is 0 Å². The Labute approximate surface area is 100 Å². The molecule has 6 heteroatoms. The van der Waals surface area contributed by atoms with Crippen LogP contribution in [0.25, 0.3) is 0 Å². The second kappa shape index (κ2) is 6.20. The van der Waals surface area contributed by atoms with E-state index in [-0.39, 0.29) is 18.2 Å². The molecular formula is C10H14ClNO3S. The zero-order valence-corrected chi connectivity index (χ0v) is 10.2. The molecule has 0 radical (unpaired) electrons. The molecule has 0 aliphatic rings. The Balaban J connectivity index is 2.78. The lowest BCUT2D eigenvalue weighted by atomic mass is 10.1. The maximum atomic E-state index is 11.5. The summed E-state index contributed by atoms with van der Waals surface area (Å²) in [7, 11) is -3.43. The summed E-state index contributed by atoms with van der Waals surface area (Å²) in [6.45, 7) is -0.286. The minimum Gasteiger partial charge on any atom is -0.394 e. The number of halogens is 1. The molecule has 2 N–H and O–H groups in total. The van der Waals surface area contributed by atoms with E-state index in [0.717, 1.165) is 5.56 Å². The van der Waals surface area contributed by atoms with Crippen molar-refractivity contribution in [3.05, 3.63) is 35.9 Å². The Morgan fingerprint density at radius 3 is 2.44 bits per heavy atom. The van der Waals surface area contributed by atoms with Crippen molar-refractivity contribution >= 4 is 21.6 Å². The summed E-state index contributed by atoms with van der Waals surface area (Å²) < 4.78 is 25.3. The molecule has 1 aromatic carbocycles. The first-order valence-corrected chi connectivity index (χ1v) is 6.99. The zero-order chi connectivity index (χ0) is 12.0. The highest BCUT2D eigenvalue weighted by Crippen LogP contribution is 2.12. The van der Waals surface area contributed by atoms with Crippen LogP contribution in [-0.2, 0) is 10.0 Å². The number of aliphatic hydroxyl groups is 1. The van der Waals surface area contributed by atoms with E-state index >= 15 is 0 Å². The molecule has 0 heterocycles. The van der Waals surface area contributed by atoms with Gasteiger partial charge in [0, 0.05) is 5.88 Å². The fraction of sp³-hybridized carbons (Fsp3) is 0.400. The van der Waals surface area contributed by atoms with Crippen molar-refractivity contribution in [1.82, 2.24) is 4.72 Å². The van der Waals surface area contributed by atoms with Crippen molar-refractivity contribution < 1.29 is 13.5 Å². The molecule has 0 saturated heterocycles. The number of sulfonamides is 1. The average Bonchev–Trinajstić information content (AvgIpc) is 2.27. The van der Waals surface area contributed by atoms with Crippen LogP contribution < -0.4 is 4.72 Å². The number of rotatable bonds is 6. The third-order valence-electron chi connectivity index (χ3n) is 2.05. The summed E-state index contributed by atoms with van der Waals surface area (Å²) in [6.07, 6.45) is 0. The van der Waals surface area contributed by atoms with E-state index in [1.165, 1.54) is 0 Å². The van der Waals surface area contributed by atoms with Gasteiger partial charge in [-0.25, -0.2) is 13.1 Å². The van der Waals surface area contributed by atoms with Crippen LogP contribution in [-0.4, -0.2) is 31.8 Å². The minimum absolute atomic E-state index is 0.0300. The molecule has 90 valence electrons. The minimum atomic E-state index is -3.43. The lowest BCUT2D eigenvalue weighted by Crippen LogP contribution is -2.33. The topological polar surface area (TPSA) is 66.4 Å². The van der Waals surface area contributed by atoms with Gasteiger partial charge in [0.15, 0.2) is 0 Å². The van der Waals surface area contributed by atoms with Crippen LogP contribution in [0.2, 0.25) is 0 Å². The first kappa shape index (κ1) is 13.4. The summed E-state index contributed by atoms with van der Waals surface area (Å²) in [4.78, 5) is 0. The molecule has 0 aliphatic heterocycles. The number of aliphatic hydroxyl groups excluding tert-OH is 1. The highest BCUT2D eigenvalue weighted by atomic mass is 35.5. The van der Waals surface area contributed by atoms with E-state index in [4.69, 9.17) is 16.7 Å². The molecule has 0 bridgehead atoms. The van der Waals surface area contributed by atoms with Gasteiger partial charge in [-0.05, 0) is 5.56 Å². The summed E-state index contributed by atoms with van der Waals surface area (Å²) in [6, 6.07) is 8.29. The second-order valence-electron chi connectivity index (χ2n) is 3.27. The van der Waals surface area contributed by atoms with Crippen LogP contribution in [0.5, 0.6) is 0 Å². The molecule has 0 unspecified atom stereocenters. The zero-order valence-electron chi connectivity index (χ0n) is 8.64. The number of alkyl halides is 1. The Morgan fingerprint density at radius 1 is 1.31 bits per heavy atom. The Bertz CT molecular complexity index is 407. The molecule has 0 fully saturated rings. The van der Waals surface area contributed by atoms with E-state index in [0.29, 0.717) is 0 Å². The molecule has 1 aromatic rings. The quantitative estimate of drug-likeness (QED) is 0.749. The van der Waals surface area contributed by atoms with Crippen LogP contribution >= 0.6 is 11.6 Å². The Kier molecular flexibility index (Phi) is 5.21. The molecule has 0 saturated carbocycles. The lowest BCUT2D eigenvalue weighted by Gasteiger charge is -2.16. The van der Waals surface area contributed by atoms with Crippen molar-refractivity contribution in [3.63, 3.8) is 0 Å². The summed E-state index contributed by atoms with van der Waals surface area (Å²) in [5, 5.41) is 9.15. The molecule has 0 spiro atoms. The second-order valence-corrected chi connectivity index (χ2v) is 5.52. The smallest absolute Gasteiger partial charge is 0.213 e. The summed E-state index contributed by atoms with van der Waals surface area (Å²) in [5.74, 6) is -0.125. The third-order valence-corrected chi connectivity index (χ3v) is 3.85. The van der Waals surface area contributed by atoms with Crippen molar-refractivity contribution in [2.75, 3.05) is 18.2 Å². The van der Waals surface area contributed by atoms with E-state index < -0.39 is 16.1 Å². The van der Waals surface area contributed by atoms with Crippen LogP contribution in [0.1, 0.15) is 11.6 Å². The highest BCUT2D eigenvalue weighted by Gasteiger charge is 2.17. The third kappa shape index (κ3) is 4.09. The van der Waals surface area contributed by atoms with Gasteiger partial charge in [-0.15, -0.1) is 11.6 Å². The van der Waals surface area contributed by atoms with E-state index in [2.05, 4.69) is 4.72 Å². The predicted octanol–water partition coefficient (Wildman–Crippen LogP) is 0.878. The Morgan fingerprint density at radius 2 is 1.94 bits per heavy atom. The number of benzene rings is 1. The van der Waals surface area contributed by atoms with Gasteiger partial charge in [0.05, 0.1) is 18.4 Å². The lowest BCUT2D eigenvalue weighted by molar-refractivity contribution is 0.259. The number of hydrogen-bond donors (Lipinski definition) is 2. The first-order chi connectivity index (χ1) is 7.59. The molecule has 0 aliphatic carbocycles. The van der Waals surface area contributed by atoms with Crippen molar-refractivity contribution in [2.24, 2.45) is 0 Å². The van der Waals surface area contributed by atoms with E-state index in [1.807, 2.05) is 6.07 Å². The average molecular weight is 264 g/mol. The van der Waals surface area contributed by atoms with E-state index in [9.17, 15) is 8.42 Å². The van der Waals surface area contributed by atoms with Crippen molar-refractivity contribution in [2.45, 2.75) is 6.04 Å². The first-order valence-electron chi connectivity index (χ1n) is 4.81. The molecule has 4 nitrogen and oxygen atoms in total. The van der Waals surface area contributed by atoms with Gasteiger partial charge < -0.3 is 5.11 Å². The predicted molar refractivity (Wildman–Crippen MR) is 63.9 cm³/mol. The summed E-state index contributed by atoms with van der Waals surface area (Å²) >= 11 is 5.38. The molecular weight excluding hydrogens is 250 g/mol. The van der Waals surface area contributed by atoms with Gasteiger partial charge in [-0.2, -0.15) is 0 Å². The molecule has 1 rings (SSSR count). The van der Waals surface area contributed by atoms with Crippen molar-refractivity contribution in [1.29, 1.82) is 0 Å². The van der Waals surface area contributed by atoms with Gasteiger partial charge in [0.1, 0.15) is 0 Å².